The zero-order chi connectivity index (χ0) is 13.7. The summed E-state index contributed by atoms with van der Waals surface area (Å²) in [4.78, 5) is 2.49. The third-order valence-electron chi connectivity index (χ3n) is 4.58. The summed E-state index contributed by atoms with van der Waals surface area (Å²) in [7, 11) is 0. The molecule has 0 aromatic heterocycles. The molecule has 1 saturated carbocycles. The van der Waals surface area contributed by atoms with Crippen molar-refractivity contribution in [1.82, 2.24) is 0 Å². The molecular weight excluding hydrogens is 312 g/mol. The molecule has 1 spiro atoms. The normalized spacial score (nSPS) is 18.9. The molecule has 102 valence electrons. The topological polar surface area (TPSA) is 29.3 Å². The summed E-state index contributed by atoms with van der Waals surface area (Å²) in [6.07, 6.45) is 2.60. The molecule has 2 aromatic rings. The van der Waals surface area contributed by atoms with Crippen molar-refractivity contribution in [1.29, 1.82) is 0 Å². The molecule has 1 aliphatic heterocycles. The van der Waals surface area contributed by atoms with Gasteiger partial charge in [0.05, 0.1) is 0 Å². The van der Waals surface area contributed by atoms with Crippen LogP contribution in [0.5, 0.6) is 0 Å². The number of nitrogens with two attached hydrogens (primary N) is 1. The van der Waals surface area contributed by atoms with Crippen LogP contribution in [0.25, 0.3) is 0 Å². The largest absolute Gasteiger partial charge is 0.399 e. The van der Waals surface area contributed by atoms with Crippen LogP contribution in [0.4, 0.5) is 11.4 Å². The first kappa shape index (κ1) is 12.3. The predicted octanol–water partition coefficient (Wildman–Crippen LogP) is 4.08. The number of benzene rings is 2. The van der Waals surface area contributed by atoms with E-state index in [2.05, 4.69) is 57.2 Å². The van der Waals surface area contributed by atoms with E-state index >= 15 is 0 Å². The highest BCUT2D eigenvalue weighted by molar-refractivity contribution is 9.10. The summed E-state index contributed by atoms with van der Waals surface area (Å²) in [5.41, 5.74) is 11.4. The predicted molar refractivity (Wildman–Crippen MR) is 87.0 cm³/mol. The summed E-state index contributed by atoms with van der Waals surface area (Å²) in [6.45, 7) is 2.08. The number of hydrogen-bond donors (Lipinski definition) is 1. The van der Waals surface area contributed by atoms with Crippen molar-refractivity contribution < 1.29 is 0 Å². The number of anilines is 2. The van der Waals surface area contributed by atoms with Gasteiger partial charge in [0.1, 0.15) is 0 Å². The average molecular weight is 329 g/mol. The number of rotatable bonds is 1. The molecule has 0 amide bonds. The van der Waals surface area contributed by atoms with Gasteiger partial charge >= 0.3 is 0 Å². The van der Waals surface area contributed by atoms with Gasteiger partial charge in [0.15, 0.2) is 0 Å². The van der Waals surface area contributed by atoms with Gasteiger partial charge in [-0.1, -0.05) is 28.1 Å². The summed E-state index contributed by atoms with van der Waals surface area (Å²) in [5.74, 6) is 0. The van der Waals surface area contributed by atoms with Crippen LogP contribution in [0.3, 0.4) is 0 Å². The Labute approximate surface area is 127 Å². The highest BCUT2D eigenvalue weighted by Gasteiger charge is 2.49. The first-order valence-electron chi connectivity index (χ1n) is 7.06. The van der Waals surface area contributed by atoms with Crippen LogP contribution in [0.1, 0.15) is 24.0 Å². The molecule has 1 heterocycles. The van der Waals surface area contributed by atoms with E-state index in [0.717, 1.165) is 23.2 Å². The molecule has 0 bridgehead atoms. The fraction of sp³-hybridized carbons (Fsp3) is 0.294. The van der Waals surface area contributed by atoms with Gasteiger partial charge in [-0.15, -0.1) is 0 Å². The SMILES string of the molecule is Nc1ccc2c(c1)CN(c1cccc(Br)c1)CC21CC1. The number of halogens is 1. The second kappa shape index (κ2) is 4.26. The van der Waals surface area contributed by atoms with E-state index in [1.165, 1.54) is 29.7 Å². The maximum Gasteiger partial charge on any atom is 0.0433 e. The average Bonchev–Trinajstić information content (AvgIpc) is 3.18. The van der Waals surface area contributed by atoms with Crippen molar-refractivity contribution in [3.8, 4) is 0 Å². The van der Waals surface area contributed by atoms with Gasteiger partial charge in [0.25, 0.3) is 0 Å². The maximum absolute atomic E-state index is 5.97. The lowest BCUT2D eigenvalue weighted by molar-refractivity contribution is 0.593. The lowest BCUT2D eigenvalue weighted by Gasteiger charge is -2.37. The van der Waals surface area contributed by atoms with Gasteiger partial charge in [-0.05, 0) is 54.3 Å². The van der Waals surface area contributed by atoms with Crippen LogP contribution in [0.2, 0.25) is 0 Å². The van der Waals surface area contributed by atoms with E-state index in [1.807, 2.05) is 6.07 Å². The van der Waals surface area contributed by atoms with Crippen molar-refractivity contribution in [3.05, 3.63) is 58.1 Å². The van der Waals surface area contributed by atoms with Gasteiger partial charge in [0, 0.05) is 34.4 Å². The molecule has 0 atom stereocenters. The monoisotopic (exact) mass is 328 g/mol. The minimum absolute atomic E-state index is 0.379. The minimum atomic E-state index is 0.379. The second-order valence-electron chi connectivity index (χ2n) is 6.03. The molecule has 4 rings (SSSR count). The van der Waals surface area contributed by atoms with Crippen molar-refractivity contribution in [3.63, 3.8) is 0 Å². The molecule has 0 unspecified atom stereocenters. The second-order valence-corrected chi connectivity index (χ2v) is 6.95. The molecule has 2 aliphatic rings. The number of fused-ring (bicyclic) bond motifs is 2. The van der Waals surface area contributed by atoms with E-state index in [9.17, 15) is 0 Å². The highest BCUT2D eigenvalue weighted by atomic mass is 79.9. The van der Waals surface area contributed by atoms with E-state index in [0.29, 0.717) is 5.41 Å². The van der Waals surface area contributed by atoms with E-state index in [1.54, 1.807) is 0 Å². The molecule has 3 heteroatoms. The molecule has 2 nitrogen and oxygen atoms in total. The first-order chi connectivity index (χ1) is 9.66. The summed E-state index contributed by atoms with van der Waals surface area (Å²) < 4.78 is 1.14. The van der Waals surface area contributed by atoms with E-state index < -0.39 is 0 Å². The number of nitrogen functional groups attached to an aromatic ring is 1. The van der Waals surface area contributed by atoms with Crippen LogP contribution in [-0.2, 0) is 12.0 Å². The Hall–Kier alpha value is -1.48. The summed E-state index contributed by atoms with van der Waals surface area (Å²) in [6, 6.07) is 15.0. The smallest absolute Gasteiger partial charge is 0.0433 e. The summed E-state index contributed by atoms with van der Waals surface area (Å²) >= 11 is 3.57. The molecule has 1 aliphatic carbocycles. The quantitative estimate of drug-likeness (QED) is 0.799. The lowest BCUT2D eigenvalue weighted by atomic mass is 9.86. The molecule has 0 saturated heterocycles. The minimum Gasteiger partial charge on any atom is -0.399 e. The van der Waals surface area contributed by atoms with Gasteiger partial charge < -0.3 is 10.6 Å². The van der Waals surface area contributed by atoms with Crippen LogP contribution in [-0.4, -0.2) is 6.54 Å². The zero-order valence-corrected chi connectivity index (χ0v) is 12.9. The Balaban J connectivity index is 1.76. The Morgan fingerprint density at radius 2 is 1.95 bits per heavy atom. The molecular formula is C17H17BrN2. The van der Waals surface area contributed by atoms with Crippen molar-refractivity contribution >= 4 is 27.3 Å². The van der Waals surface area contributed by atoms with Crippen molar-refractivity contribution in [2.24, 2.45) is 0 Å². The fourth-order valence-corrected chi connectivity index (χ4v) is 3.79. The zero-order valence-electron chi connectivity index (χ0n) is 11.3. The van der Waals surface area contributed by atoms with Crippen LogP contribution in [0.15, 0.2) is 46.9 Å². The van der Waals surface area contributed by atoms with Gasteiger partial charge in [0.2, 0.25) is 0 Å². The maximum atomic E-state index is 5.97. The molecule has 0 radical (unpaired) electrons. The van der Waals surface area contributed by atoms with E-state index in [-0.39, 0.29) is 0 Å². The third-order valence-corrected chi connectivity index (χ3v) is 5.08. The van der Waals surface area contributed by atoms with Crippen LogP contribution < -0.4 is 10.6 Å². The van der Waals surface area contributed by atoms with Crippen molar-refractivity contribution in [2.75, 3.05) is 17.2 Å². The Bertz CT molecular complexity index is 676. The molecule has 1 fully saturated rings. The Morgan fingerprint density at radius 1 is 1.10 bits per heavy atom. The molecule has 20 heavy (non-hydrogen) atoms. The standard InChI is InChI=1S/C17H17BrN2/c18-13-2-1-3-15(9-13)20-10-12-8-14(19)4-5-16(12)17(11-20)6-7-17/h1-5,8-9H,6-7,10-11,19H2. The Morgan fingerprint density at radius 3 is 2.70 bits per heavy atom. The molecule has 2 aromatic carbocycles. The lowest BCUT2D eigenvalue weighted by Crippen LogP contribution is -2.37. The van der Waals surface area contributed by atoms with Gasteiger partial charge in [-0.2, -0.15) is 0 Å². The fourth-order valence-electron chi connectivity index (χ4n) is 3.41. The van der Waals surface area contributed by atoms with Crippen LogP contribution in [0, 0.1) is 0 Å². The van der Waals surface area contributed by atoms with Crippen molar-refractivity contribution in [2.45, 2.75) is 24.8 Å². The third kappa shape index (κ3) is 1.92. The highest BCUT2D eigenvalue weighted by Crippen LogP contribution is 2.53. The first-order valence-corrected chi connectivity index (χ1v) is 7.85. The Kier molecular flexibility index (Phi) is 2.61. The van der Waals surface area contributed by atoms with Gasteiger partial charge in [-0.3, -0.25) is 0 Å². The molecule has 2 N–H and O–H groups in total. The van der Waals surface area contributed by atoms with Crippen LogP contribution >= 0.6 is 15.9 Å². The summed E-state index contributed by atoms with van der Waals surface area (Å²) in [5, 5.41) is 0. The van der Waals surface area contributed by atoms with Gasteiger partial charge in [-0.25, -0.2) is 0 Å². The number of hydrogen-bond acceptors (Lipinski definition) is 2. The van der Waals surface area contributed by atoms with E-state index in [4.69, 9.17) is 5.73 Å². The number of nitrogens with zero attached hydrogens (tertiary/aromatic N) is 1.